The maximum atomic E-state index is 12.9. The van der Waals surface area contributed by atoms with Gasteiger partial charge in [0.15, 0.2) is 0 Å². The Labute approximate surface area is 116 Å². The number of nitrogens with one attached hydrogen (secondary N) is 3. The summed E-state index contributed by atoms with van der Waals surface area (Å²) in [4.78, 5) is 12.7. The zero-order valence-corrected chi connectivity index (χ0v) is 11.4. The highest BCUT2D eigenvalue weighted by Crippen LogP contribution is 2.16. The average molecular weight is 276 g/mol. The molecule has 2 rings (SSSR count). The van der Waals surface area contributed by atoms with E-state index in [1.54, 1.807) is 12.1 Å². The Morgan fingerprint density at radius 3 is 1.85 bits per heavy atom. The number of benzene rings is 1. The molecule has 0 aliphatic carbocycles. The summed E-state index contributed by atoms with van der Waals surface area (Å²) >= 11 is 0. The normalized spacial score (nSPS) is 10.2. The summed E-state index contributed by atoms with van der Waals surface area (Å²) in [6.07, 6.45) is 0. The molecule has 0 bridgehead atoms. The largest absolute Gasteiger partial charge is 0.354 e. The molecular formula is C13H17FN6. The van der Waals surface area contributed by atoms with Gasteiger partial charge in [0.05, 0.1) is 0 Å². The third-order valence-corrected chi connectivity index (χ3v) is 2.41. The van der Waals surface area contributed by atoms with Crippen molar-refractivity contribution in [1.82, 2.24) is 15.0 Å². The zero-order valence-electron chi connectivity index (χ0n) is 11.4. The minimum Gasteiger partial charge on any atom is -0.354 e. The number of aromatic nitrogens is 3. The molecule has 0 spiro atoms. The van der Waals surface area contributed by atoms with Crippen LogP contribution < -0.4 is 16.0 Å². The minimum atomic E-state index is -0.284. The predicted molar refractivity (Wildman–Crippen MR) is 77.8 cm³/mol. The van der Waals surface area contributed by atoms with Gasteiger partial charge in [-0.15, -0.1) is 0 Å². The molecule has 0 amide bonds. The Kier molecular flexibility index (Phi) is 4.65. The van der Waals surface area contributed by atoms with Gasteiger partial charge in [-0.2, -0.15) is 15.0 Å². The fourth-order valence-corrected chi connectivity index (χ4v) is 1.57. The number of hydrogen-bond acceptors (Lipinski definition) is 6. The van der Waals surface area contributed by atoms with Gasteiger partial charge < -0.3 is 16.0 Å². The van der Waals surface area contributed by atoms with Crippen LogP contribution >= 0.6 is 0 Å². The molecule has 0 radical (unpaired) electrons. The van der Waals surface area contributed by atoms with Crippen molar-refractivity contribution < 1.29 is 4.39 Å². The van der Waals surface area contributed by atoms with Crippen molar-refractivity contribution in [3.63, 3.8) is 0 Å². The molecule has 0 saturated carbocycles. The molecule has 2 aromatic rings. The van der Waals surface area contributed by atoms with E-state index in [0.29, 0.717) is 36.6 Å². The molecule has 106 valence electrons. The molecule has 0 saturated heterocycles. The summed E-state index contributed by atoms with van der Waals surface area (Å²) in [6, 6.07) is 6.00. The Hall–Kier alpha value is -2.44. The second-order valence-corrected chi connectivity index (χ2v) is 4.00. The van der Waals surface area contributed by atoms with Crippen molar-refractivity contribution in [2.75, 3.05) is 29.0 Å². The van der Waals surface area contributed by atoms with Crippen molar-refractivity contribution in [3.8, 4) is 0 Å². The van der Waals surface area contributed by atoms with E-state index in [0.717, 1.165) is 0 Å². The highest BCUT2D eigenvalue weighted by Gasteiger charge is 2.05. The zero-order chi connectivity index (χ0) is 14.4. The quantitative estimate of drug-likeness (QED) is 0.753. The molecule has 20 heavy (non-hydrogen) atoms. The lowest BCUT2D eigenvalue weighted by Crippen LogP contribution is -2.10. The standard InChI is InChI=1S/C13H17FN6/c1-3-15-11-18-12(16-4-2)20-13(19-11)17-10-7-5-9(14)6-8-10/h5-8H,3-4H2,1-2H3,(H3,15,16,17,18,19,20). The Balaban J connectivity index is 2.22. The number of anilines is 4. The third kappa shape index (κ3) is 3.78. The molecule has 0 unspecified atom stereocenters. The summed E-state index contributed by atoms with van der Waals surface area (Å²) in [5, 5.41) is 9.10. The van der Waals surface area contributed by atoms with Crippen LogP contribution in [0.15, 0.2) is 24.3 Å². The molecule has 6 nitrogen and oxygen atoms in total. The van der Waals surface area contributed by atoms with Gasteiger partial charge in [0.25, 0.3) is 0 Å². The lowest BCUT2D eigenvalue weighted by Gasteiger charge is -2.09. The lowest BCUT2D eigenvalue weighted by atomic mass is 10.3. The van der Waals surface area contributed by atoms with Crippen molar-refractivity contribution in [2.24, 2.45) is 0 Å². The van der Waals surface area contributed by atoms with Crippen LogP contribution in [0, 0.1) is 5.82 Å². The monoisotopic (exact) mass is 276 g/mol. The highest BCUT2D eigenvalue weighted by atomic mass is 19.1. The van der Waals surface area contributed by atoms with E-state index >= 15 is 0 Å². The number of rotatable bonds is 6. The molecule has 0 aliphatic rings. The highest BCUT2D eigenvalue weighted by molar-refractivity contribution is 5.55. The third-order valence-electron chi connectivity index (χ3n) is 2.41. The fraction of sp³-hybridized carbons (Fsp3) is 0.308. The molecule has 0 fully saturated rings. The van der Waals surface area contributed by atoms with Gasteiger partial charge >= 0.3 is 0 Å². The van der Waals surface area contributed by atoms with Gasteiger partial charge in [-0.1, -0.05) is 0 Å². The van der Waals surface area contributed by atoms with Crippen LogP contribution in [-0.2, 0) is 0 Å². The summed E-state index contributed by atoms with van der Waals surface area (Å²) in [6.45, 7) is 5.35. The molecule has 7 heteroatoms. The van der Waals surface area contributed by atoms with Gasteiger partial charge in [0.2, 0.25) is 17.8 Å². The SMILES string of the molecule is CCNc1nc(NCC)nc(Nc2ccc(F)cc2)n1. The van der Waals surface area contributed by atoms with Gasteiger partial charge in [0.1, 0.15) is 5.82 Å². The first-order chi connectivity index (χ1) is 9.71. The van der Waals surface area contributed by atoms with E-state index in [4.69, 9.17) is 0 Å². The van der Waals surface area contributed by atoms with Crippen molar-refractivity contribution in [1.29, 1.82) is 0 Å². The maximum absolute atomic E-state index is 12.9. The minimum absolute atomic E-state index is 0.284. The van der Waals surface area contributed by atoms with E-state index in [9.17, 15) is 4.39 Å². The van der Waals surface area contributed by atoms with Crippen LogP contribution in [0.25, 0.3) is 0 Å². The van der Waals surface area contributed by atoms with Crippen molar-refractivity contribution in [3.05, 3.63) is 30.1 Å². The van der Waals surface area contributed by atoms with Crippen LogP contribution in [0.1, 0.15) is 13.8 Å². The smallest absolute Gasteiger partial charge is 0.233 e. The molecule has 3 N–H and O–H groups in total. The van der Waals surface area contributed by atoms with E-state index in [1.165, 1.54) is 12.1 Å². The Bertz CT molecular complexity index is 533. The first kappa shape index (κ1) is 14.0. The lowest BCUT2D eigenvalue weighted by molar-refractivity contribution is 0.628. The van der Waals surface area contributed by atoms with Gasteiger partial charge in [-0.3, -0.25) is 0 Å². The second-order valence-electron chi connectivity index (χ2n) is 4.00. The van der Waals surface area contributed by atoms with Crippen LogP contribution in [0.2, 0.25) is 0 Å². The van der Waals surface area contributed by atoms with Gasteiger partial charge in [-0.25, -0.2) is 4.39 Å². The summed E-state index contributed by atoms with van der Waals surface area (Å²) in [5.74, 6) is 1.09. The molecular weight excluding hydrogens is 259 g/mol. The predicted octanol–water partition coefficient (Wildman–Crippen LogP) is 2.62. The maximum Gasteiger partial charge on any atom is 0.233 e. The topological polar surface area (TPSA) is 74.8 Å². The Morgan fingerprint density at radius 2 is 1.35 bits per heavy atom. The van der Waals surface area contributed by atoms with Crippen LogP contribution in [0.3, 0.4) is 0 Å². The number of hydrogen-bond donors (Lipinski definition) is 3. The molecule has 1 heterocycles. The first-order valence-electron chi connectivity index (χ1n) is 6.47. The number of halogens is 1. The molecule has 1 aromatic carbocycles. The van der Waals surface area contributed by atoms with Crippen LogP contribution in [0.5, 0.6) is 0 Å². The number of nitrogens with zero attached hydrogens (tertiary/aromatic N) is 3. The fourth-order valence-electron chi connectivity index (χ4n) is 1.57. The summed E-state index contributed by atoms with van der Waals surface area (Å²) in [7, 11) is 0. The van der Waals surface area contributed by atoms with Crippen molar-refractivity contribution >= 4 is 23.5 Å². The van der Waals surface area contributed by atoms with Gasteiger partial charge in [0, 0.05) is 18.8 Å². The second kappa shape index (κ2) is 6.65. The van der Waals surface area contributed by atoms with Gasteiger partial charge in [-0.05, 0) is 38.1 Å². The summed E-state index contributed by atoms with van der Waals surface area (Å²) < 4.78 is 12.9. The first-order valence-corrected chi connectivity index (χ1v) is 6.47. The van der Waals surface area contributed by atoms with E-state index in [2.05, 4.69) is 30.9 Å². The average Bonchev–Trinajstić information content (AvgIpc) is 2.42. The summed E-state index contributed by atoms with van der Waals surface area (Å²) in [5.41, 5.74) is 0.711. The molecule has 0 aliphatic heterocycles. The Morgan fingerprint density at radius 1 is 0.850 bits per heavy atom. The molecule has 1 aromatic heterocycles. The van der Waals surface area contributed by atoms with Crippen LogP contribution in [-0.4, -0.2) is 28.0 Å². The molecule has 0 atom stereocenters. The van der Waals surface area contributed by atoms with E-state index in [-0.39, 0.29) is 5.82 Å². The van der Waals surface area contributed by atoms with Crippen LogP contribution in [0.4, 0.5) is 27.9 Å². The van der Waals surface area contributed by atoms with E-state index in [1.807, 2.05) is 13.8 Å². The van der Waals surface area contributed by atoms with Crippen molar-refractivity contribution in [2.45, 2.75) is 13.8 Å². The van der Waals surface area contributed by atoms with E-state index < -0.39 is 0 Å².